The third-order valence-corrected chi connectivity index (χ3v) is 6.69. The fourth-order valence-electron chi connectivity index (χ4n) is 4.85. The van der Waals surface area contributed by atoms with Crippen LogP contribution in [0.15, 0.2) is 24.3 Å². The average Bonchev–Trinajstić information content (AvgIpc) is 3.67. The highest BCUT2D eigenvalue weighted by Gasteiger charge is 2.59. The molecule has 0 radical (unpaired) electrons. The number of halogens is 3. The molecule has 3 unspecified atom stereocenters. The standard InChI is InChI=1S/C23H27F3O8/c24-23(25,26)11-3-1-4-12(7-11)32-10-16(29)21-22(34-21)20-13(14(27)9-15(20)28)8-18-17(33-18)5-2-6-19(30)31/h1,3-4,7,13,15-18,20-22,28-29H,2,5-6,8-10H2,(H,30,31)/t13-,15+,16-,17?,18?,20+,21?,22+/m0/s1. The van der Waals surface area contributed by atoms with Crippen LogP contribution in [0.1, 0.15) is 37.7 Å². The van der Waals surface area contributed by atoms with Gasteiger partial charge in [0.05, 0.1) is 30.0 Å². The largest absolute Gasteiger partial charge is 0.491 e. The van der Waals surface area contributed by atoms with E-state index in [4.69, 9.17) is 19.3 Å². The maximum absolute atomic E-state index is 12.8. The second kappa shape index (κ2) is 9.80. The number of benzene rings is 1. The van der Waals surface area contributed by atoms with Gasteiger partial charge in [-0.1, -0.05) is 6.07 Å². The zero-order valence-corrected chi connectivity index (χ0v) is 18.2. The topological polar surface area (TPSA) is 129 Å². The summed E-state index contributed by atoms with van der Waals surface area (Å²) in [6.07, 6.45) is -6.66. The Bertz CT molecular complexity index is 906. The summed E-state index contributed by atoms with van der Waals surface area (Å²) in [4.78, 5) is 23.1. The van der Waals surface area contributed by atoms with E-state index in [2.05, 4.69) is 0 Å². The number of hydrogen-bond acceptors (Lipinski definition) is 7. The molecule has 0 spiro atoms. The Morgan fingerprint density at radius 2 is 2.00 bits per heavy atom. The minimum absolute atomic E-state index is 0.0187. The lowest BCUT2D eigenvalue weighted by Gasteiger charge is -2.19. The molecule has 4 rings (SSSR count). The van der Waals surface area contributed by atoms with Crippen molar-refractivity contribution in [1.82, 2.24) is 0 Å². The number of rotatable bonds is 11. The molecule has 11 heteroatoms. The predicted octanol–water partition coefficient (Wildman–Crippen LogP) is 2.19. The molecule has 34 heavy (non-hydrogen) atoms. The highest BCUT2D eigenvalue weighted by molar-refractivity contribution is 5.84. The summed E-state index contributed by atoms with van der Waals surface area (Å²) in [6, 6.07) is 4.32. The first-order valence-corrected chi connectivity index (χ1v) is 11.3. The molecule has 0 amide bonds. The smallest absolute Gasteiger partial charge is 0.416 e. The number of carboxylic acid groups (broad SMARTS) is 1. The van der Waals surface area contributed by atoms with E-state index < -0.39 is 54.0 Å². The zero-order valence-electron chi connectivity index (χ0n) is 18.2. The zero-order chi connectivity index (χ0) is 24.6. The van der Waals surface area contributed by atoms with E-state index in [0.29, 0.717) is 19.3 Å². The van der Waals surface area contributed by atoms with Gasteiger partial charge in [-0.2, -0.15) is 13.2 Å². The molecule has 0 aromatic heterocycles. The summed E-state index contributed by atoms with van der Waals surface area (Å²) in [5.41, 5.74) is -0.862. The van der Waals surface area contributed by atoms with E-state index in [0.717, 1.165) is 12.1 Å². The van der Waals surface area contributed by atoms with Gasteiger partial charge < -0.3 is 29.5 Å². The van der Waals surface area contributed by atoms with Crippen molar-refractivity contribution in [3.8, 4) is 5.75 Å². The number of aliphatic carboxylic acids is 1. The van der Waals surface area contributed by atoms with Crippen LogP contribution in [0.4, 0.5) is 13.2 Å². The molecular formula is C23H27F3O8. The van der Waals surface area contributed by atoms with Gasteiger partial charge in [0.2, 0.25) is 0 Å². The van der Waals surface area contributed by atoms with Gasteiger partial charge in [0.1, 0.15) is 30.3 Å². The highest BCUT2D eigenvalue weighted by Crippen LogP contribution is 2.47. The Morgan fingerprint density at radius 3 is 2.71 bits per heavy atom. The number of hydrogen-bond donors (Lipinski definition) is 3. The Labute approximate surface area is 193 Å². The summed E-state index contributed by atoms with van der Waals surface area (Å²) in [5, 5.41) is 29.6. The fraction of sp³-hybridized carbons (Fsp3) is 0.652. The lowest BCUT2D eigenvalue weighted by atomic mass is 9.85. The Morgan fingerprint density at radius 1 is 1.24 bits per heavy atom. The normalized spacial score (nSPS) is 33.6. The van der Waals surface area contributed by atoms with Crippen LogP contribution in [-0.4, -0.2) is 70.3 Å². The average molecular weight is 488 g/mol. The third-order valence-electron chi connectivity index (χ3n) is 6.69. The number of alkyl halides is 3. The number of ketones is 1. The molecule has 1 saturated carbocycles. The summed E-state index contributed by atoms with van der Waals surface area (Å²) < 4.78 is 55.0. The van der Waals surface area contributed by atoms with Crippen LogP contribution in [0.2, 0.25) is 0 Å². The van der Waals surface area contributed by atoms with Crippen molar-refractivity contribution in [2.24, 2.45) is 11.8 Å². The van der Waals surface area contributed by atoms with Crippen LogP contribution < -0.4 is 4.74 Å². The lowest BCUT2D eigenvalue weighted by molar-refractivity contribution is -0.138. The predicted molar refractivity (Wildman–Crippen MR) is 109 cm³/mol. The van der Waals surface area contributed by atoms with Crippen LogP contribution in [0, 0.1) is 11.8 Å². The monoisotopic (exact) mass is 488 g/mol. The number of epoxide rings is 2. The van der Waals surface area contributed by atoms with Crippen molar-refractivity contribution in [1.29, 1.82) is 0 Å². The van der Waals surface area contributed by atoms with Gasteiger partial charge in [-0.05, 0) is 37.5 Å². The highest BCUT2D eigenvalue weighted by atomic mass is 19.4. The van der Waals surface area contributed by atoms with Crippen molar-refractivity contribution in [2.45, 2.75) is 74.9 Å². The number of ether oxygens (including phenoxy) is 3. The first kappa shape index (κ1) is 24.9. The molecule has 1 aliphatic carbocycles. The maximum atomic E-state index is 12.8. The molecule has 1 aromatic rings. The summed E-state index contributed by atoms with van der Waals surface area (Å²) in [6.45, 7) is -0.304. The number of carboxylic acids is 1. The van der Waals surface area contributed by atoms with E-state index >= 15 is 0 Å². The second-order valence-electron chi connectivity index (χ2n) is 9.13. The molecule has 3 aliphatic rings. The van der Waals surface area contributed by atoms with Gasteiger partial charge in [0.25, 0.3) is 0 Å². The Hall–Kier alpha value is -2.21. The summed E-state index contributed by atoms with van der Waals surface area (Å²) in [5.74, 6) is -2.05. The van der Waals surface area contributed by atoms with E-state index in [1.54, 1.807) is 0 Å². The van der Waals surface area contributed by atoms with E-state index in [-0.39, 0.29) is 43.2 Å². The quantitative estimate of drug-likeness (QED) is 0.405. The van der Waals surface area contributed by atoms with Gasteiger partial charge in [-0.25, -0.2) is 0 Å². The number of carbonyl (C=O) groups excluding carboxylic acids is 1. The molecule has 3 fully saturated rings. The molecule has 2 heterocycles. The van der Waals surface area contributed by atoms with Crippen molar-refractivity contribution >= 4 is 11.8 Å². The molecule has 8 nitrogen and oxygen atoms in total. The van der Waals surface area contributed by atoms with Crippen LogP contribution in [0.5, 0.6) is 5.75 Å². The van der Waals surface area contributed by atoms with Crippen LogP contribution in [0.25, 0.3) is 0 Å². The van der Waals surface area contributed by atoms with Gasteiger partial charge in [0, 0.05) is 24.7 Å². The molecule has 2 aliphatic heterocycles. The molecule has 1 aromatic carbocycles. The van der Waals surface area contributed by atoms with Gasteiger partial charge in [-0.3, -0.25) is 9.59 Å². The summed E-state index contributed by atoms with van der Waals surface area (Å²) in [7, 11) is 0. The minimum atomic E-state index is -4.51. The van der Waals surface area contributed by atoms with E-state index in [1.165, 1.54) is 12.1 Å². The van der Waals surface area contributed by atoms with Crippen molar-refractivity contribution in [2.75, 3.05) is 6.61 Å². The summed E-state index contributed by atoms with van der Waals surface area (Å²) >= 11 is 0. The molecular weight excluding hydrogens is 461 g/mol. The molecule has 188 valence electrons. The maximum Gasteiger partial charge on any atom is 0.416 e. The number of Topliss-reactive ketones (excluding diaryl/α,β-unsaturated/α-hetero) is 1. The fourth-order valence-corrected chi connectivity index (χ4v) is 4.85. The molecule has 3 N–H and O–H groups in total. The van der Waals surface area contributed by atoms with Crippen LogP contribution in [-0.2, 0) is 25.2 Å². The SMILES string of the molecule is O=C(O)CCCC1OC1C[C@H]1C(=O)C[C@@H](O)[C@@H]1[C@H]1OC1[C@@H](O)COc1cccc(C(F)(F)F)c1. The Kier molecular flexibility index (Phi) is 7.18. The first-order chi connectivity index (χ1) is 16.0. The molecule has 8 atom stereocenters. The second-order valence-corrected chi connectivity index (χ2v) is 9.13. The number of aliphatic hydroxyl groups excluding tert-OH is 2. The van der Waals surface area contributed by atoms with Crippen molar-refractivity contribution < 1.29 is 52.3 Å². The van der Waals surface area contributed by atoms with Gasteiger partial charge in [-0.15, -0.1) is 0 Å². The number of carbonyl (C=O) groups is 2. The van der Waals surface area contributed by atoms with Crippen LogP contribution >= 0.6 is 0 Å². The van der Waals surface area contributed by atoms with Crippen molar-refractivity contribution in [3.05, 3.63) is 29.8 Å². The van der Waals surface area contributed by atoms with Crippen molar-refractivity contribution in [3.63, 3.8) is 0 Å². The lowest BCUT2D eigenvalue weighted by Crippen LogP contribution is -2.32. The minimum Gasteiger partial charge on any atom is -0.491 e. The van der Waals surface area contributed by atoms with E-state index in [1.807, 2.05) is 0 Å². The van der Waals surface area contributed by atoms with Crippen LogP contribution in [0.3, 0.4) is 0 Å². The Balaban J connectivity index is 1.28. The third kappa shape index (κ3) is 5.88. The van der Waals surface area contributed by atoms with E-state index in [9.17, 15) is 33.0 Å². The molecule has 0 bridgehead atoms. The van der Waals surface area contributed by atoms with Gasteiger partial charge >= 0.3 is 12.1 Å². The first-order valence-electron chi connectivity index (χ1n) is 11.3. The molecule has 2 saturated heterocycles. The number of aliphatic hydroxyl groups is 2. The van der Waals surface area contributed by atoms with Gasteiger partial charge in [0.15, 0.2) is 0 Å².